The van der Waals surface area contributed by atoms with Crippen LogP contribution >= 0.6 is 0 Å². The van der Waals surface area contributed by atoms with Gasteiger partial charge in [-0.3, -0.25) is 0 Å². The third-order valence-corrected chi connectivity index (χ3v) is 6.07. The normalized spacial score (nSPS) is 17.8. The number of benzene rings is 1. The smallest absolute Gasteiger partial charge is 0.152 e. The second-order valence-corrected chi connectivity index (χ2v) is 7.96. The summed E-state index contributed by atoms with van der Waals surface area (Å²) < 4.78 is 30.2. The molecule has 2 rings (SSSR count). The van der Waals surface area contributed by atoms with Crippen molar-refractivity contribution in [2.45, 2.75) is 31.7 Å². The maximum absolute atomic E-state index is 12.4. The Bertz CT molecular complexity index is 550. The molecule has 1 aromatic carbocycles. The molecule has 1 aliphatic carbocycles. The van der Waals surface area contributed by atoms with Crippen molar-refractivity contribution < 1.29 is 13.2 Å². The summed E-state index contributed by atoms with van der Waals surface area (Å²) in [6.45, 7) is 0. The lowest BCUT2D eigenvalue weighted by atomic mass is 10.1. The Kier molecular flexibility index (Phi) is 5.65. The number of sulfone groups is 1. The van der Waals surface area contributed by atoms with E-state index in [-0.39, 0.29) is 11.8 Å². The van der Waals surface area contributed by atoms with E-state index in [0.29, 0.717) is 11.7 Å². The number of hydrogen-bond acceptors (Lipinski definition) is 4. The molecule has 0 amide bonds. The van der Waals surface area contributed by atoms with Crippen molar-refractivity contribution in [3.05, 3.63) is 29.8 Å². The van der Waals surface area contributed by atoms with E-state index < -0.39 is 9.84 Å². The van der Waals surface area contributed by atoms with Gasteiger partial charge in [0.05, 0.1) is 18.6 Å². The Labute approximate surface area is 127 Å². The molecule has 4 nitrogen and oxygen atoms in total. The molecule has 118 valence electrons. The number of hydrogen-bond donors (Lipinski definition) is 1. The average molecular weight is 311 g/mol. The molecule has 1 unspecified atom stereocenters. The van der Waals surface area contributed by atoms with Gasteiger partial charge in [-0.1, -0.05) is 31.0 Å². The van der Waals surface area contributed by atoms with Crippen molar-refractivity contribution in [1.29, 1.82) is 0 Å². The van der Waals surface area contributed by atoms with E-state index in [4.69, 9.17) is 4.74 Å². The molecule has 0 aromatic heterocycles. The van der Waals surface area contributed by atoms with Gasteiger partial charge >= 0.3 is 0 Å². The van der Waals surface area contributed by atoms with Gasteiger partial charge in [0.1, 0.15) is 5.75 Å². The van der Waals surface area contributed by atoms with Crippen LogP contribution in [0.25, 0.3) is 0 Å². The number of rotatable bonds is 7. The van der Waals surface area contributed by atoms with Crippen LogP contribution in [0.4, 0.5) is 0 Å². The molecular formula is C16H25NO3S. The van der Waals surface area contributed by atoms with Crippen molar-refractivity contribution in [2.24, 2.45) is 5.92 Å². The molecule has 5 heteroatoms. The maximum atomic E-state index is 12.4. The van der Waals surface area contributed by atoms with Crippen LogP contribution in [-0.4, -0.2) is 34.1 Å². The van der Waals surface area contributed by atoms with Gasteiger partial charge in [-0.15, -0.1) is 0 Å². The van der Waals surface area contributed by atoms with Crippen LogP contribution in [0.15, 0.2) is 24.3 Å². The van der Waals surface area contributed by atoms with Crippen molar-refractivity contribution in [3.63, 3.8) is 0 Å². The van der Waals surface area contributed by atoms with E-state index >= 15 is 0 Å². The minimum atomic E-state index is -3.07. The second-order valence-electron chi connectivity index (χ2n) is 5.81. The molecule has 1 N–H and O–H groups in total. The van der Waals surface area contributed by atoms with Gasteiger partial charge < -0.3 is 10.1 Å². The van der Waals surface area contributed by atoms with E-state index in [1.807, 2.05) is 24.3 Å². The van der Waals surface area contributed by atoms with Crippen molar-refractivity contribution in [3.8, 4) is 5.75 Å². The zero-order chi connectivity index (χ0) is 15.3. The zero-order valence-corrected chi connectivity index (χ0v) is 13.7. The number of para-hydroxylation sites is 1. The molecule has 0 heterocycles. The second kappa shape index (κ2) is 7.27. The molecule has 1 fully saturated rings. The summed E-state index contributed by atoms with van der Waals surface area (Å²) >= 11 is 0. The summed E-state index contributed by atoms with van der Waals surface area (Å²) in [5, 5.41) is 3.11. The van der Waals surface area contributed by atoms with Crippen LogP contribution < -0.4 is 10.1 Å². The van der Waals surface area contributed by atoms with Crippen LogP contribution in [0.2, 0.25) is 0 Å². The van der Waals surface area contributed by atoms with E-state index in [1.165, 1.54) is 12.8 Å². The highest BCUT2D eigenvalue weighted by molar-refractivity contribution is 7.91. The van der Waals surface area contributed by atoms with Crippen LogP contribution in [0, 0.1) is 5.92 Å². The van der Waals surface area contributed by atoms with E-state index in [0.717, 1.165) is 24.2 Å². The monoisotopic (exact) mass is 311 g/mol. The highest BCUT2D eigenvalue weighted by Gasteiger charge is 2.26. The van der Waals surface area contributed by atoms with Gasteiger partial charge in [-0.2, -0.15) is 0 Å². The van der Waals surface area contributed by atoms with Crippen LogP contribution in [0.3, 0.4) is 0 Å². The Morgan fingerprint density at radius 3 is 2.57 bits per heavy atom. The molecule has 21 heavy (non-hydrogen) atoms. The highest BCUT2D eigenvalue weighted by atomic mass is 32.2. The topological polar surface area (TPSA) is 55.4 Å². The van der Waals surface area contributed by atoms with Crippen molar-refractivity contribution in [1.82, 2.24) is 5.32 Å². The number of nitrogens with one attached hydrogen (secondary N) is 1. The summed E-state index contributed by atoms with van der Waals surface area (Å²) in [6.07, 6.45) is 4.44. The minimum Gasteiger partial charge on any atom is -0.496 e. The van der Waals surface area contributed by atoms with Crippen LogP contribution in [-0.2, 0) is 9.84 Å². The molecule has 1 saturated carbocycles. The molecule has 0 saturated heterocycles. The van der Waals surface area contributed by atoms with Gasteiger partial charge in [-0.05, 0) is 31.9 Å². The summed E-state index contributed by atoms with van der Waals surface area (Å²) in [4.78, 5) is 0. The van der Waals surface area contributed by atoms with Crippen LogP contribution in [0.1, 0.15) is 37.3 Å². The SMILES string of the molecule is CNC(CS(=O)(=O)CC1CCCC1)c1ccccc1OC. The predicted molar refractivity (Wildman–Crippen MR) is 85.4 cm³/mol. The fourth-order valence-corrected chi connectivity index (χ4v) is 5.18. The molecule has 1 aromatic rings. The first kappa shape index (κ1) is 16.3. The first-order valence-corrected chi connectivity index (χ1v) is 9.38. The average Bonchev–Trinajstić information content (AvgIpc) is 2.97. The molecule has 0 radical (unpaired) electrons. The van der Waals surface area contributed by atoms with Crippen molar-refractivity contribution in [2.75, 3.05) is 25.7 Å². The Hall–Kier alpha value is -1.07. The van der Waals surface area contributed by atoms with Gasteiger partial charge in [0.2, 0.25) is 0 Å². The highest BCUT2D eigenvalue weighted by Crippen LogP contribution is 2.29. The van der Waals surface area contributed by atoms with Gasteiger partial charge in [0.25, 0.3) is 0 Å². The first-order chi connectivity index (χ1) is 10.1. The fourth-order valence-electron chi connectivity index (χ4n) is 3.14. The summed E-state index contributed by atoms with van der Waals surface area (Å²) in [6, 6.07) is 7.36. The maximum Gasteiger partial charge on any atom is 0.152 e. The predicted octanol–water partition coefficient (Wildman–Crippen LogP) is 2.56. The molecule has 0 aliphatic heterocycles. The van der Waals surface area contributed by atoms with Crippen molar-refractivity contribution >= 4 is 9.84 Å². The number of ether oxygens (including phenoxy) is 1. The number of methoxy groups -OCH3 is 1. The minimum absolute atomic E-state index is 0.125. The largest absolute Gasteiger partial charge is 0.496 e. The molecule has 0 bridgehead atoms. The van der Waals surface area contributed by atoms with Gasteiger partial charge in [-0.25, -0.2) is 8.42 Å². The molecule has 1 aliphatic rings. The summed E-state index contributed by atoms with van der Waals surface area (Å²) in [7, 11) is 0.336. The molecular weight excluding hydrogens is 286 g/mol. The standard InChI is InChI=1S/C16H25NO3S/c1-17-15(14-9-5-6-10-16(14)20-2)12-21(18,19)11-13-7-3-4-8-13/h5-6,9-10,13,15,17H,3-4,7-8,11-12H2,1-2H3. The lowest BCUT2D eigenvalue weighted by molar-refractivity contribution is 0.403. The van der Waals surface area contributed by atoms with Crippen LogP contribution in [0.5, 0.6) is 5.75 Å². The zero-order valence-electron chi connectivity index (χ0n) is 12.8. The Morgan fingerprint density at radius 1 is 1.29 bits per heavy atom. The summed E-state index contributed by atoms with van der Waals surface area (Å²) in [5.74, 6) is 1.53. The van der Waals surface area contributed by atoms with E-state index in [2.05, 4.69) is 5.32 Å². The lowest BCUT2D eigenvalue weighted by Gasteiger charge is -2.20. The third kappa shape index (κ3) is 4.45. The van der Waals surface area contributed by atoms with E-state index in [9.17, 15) is 8.42 Å². The first-order valence-electron chi connectivity index (χ1n) is 7.56. The Balaban J connectivity index is 2.10. The Morgan fingerprint density at radius 2 is 1.95 bits per heavy atom. The molecule has 0 spiro atoms. The third-order valence-electron chi connectivity index (χ3n) is 4.25. The van der Waals surface area contributed by atoms with Gasteiger partial charge in [0, 0.05) is 11.6 Å². The quantitative estimate of drug-likeness (QED) is 0.841. The van der Waals surface area contributed by atoms with Gasteiger partial charge in [0.15, 0.2) is 9.84 Å². The summed E-state index contributed by atoms with van der Waals surface area (Å²) in [5.41, 5.74) is 0.900. The van der Waals surface area contributed by atoms with E-state index in [1.54, 1.807) is 14.2 Å². The fraction of sp³-hybridized carbons (Fsp3) is 0.625. The molecule has 1 atom stereocenters. The lowest BCUT2D eigenvalue weighted by Crippen LogP contribution is -2.28.